The molecule has 3 nitrogen and oxygen atoms in total. The average molecular weight is 317 g/mol. The fourth-order valence-electron chi connectivity index (χ4n) is 3.52. The minimum atomic E-state index is 1.02. The van der Waals surface area contributed by atoms with Crippen LogP contribution in [0.15, 0.2) is 48.5 Å². The highest BCUT2D eigenvalue weighted by Crippen LogP contribution is 2.32. The molecule has 0 amide bonds. The lowest BCUT2D eigenvalue weighted by Crippen LogP contribution is -2.44. The van der Waals surface area contributed by atoms with Gasteiger partial charge >= 0.3 is 0 Å². The molecule has 0 saturated carbocycles. The molecule has 122 valence electrons. The van der Waals surface area contributed by atoms with Gasteiger partial charge in [-0.25, -0.2) is 0 Å². The Morgan fingerprint density at radius 2 is 1.38 bits per heavy atom. The molecule has 0 aromatic heterocycles. The molecule has 0 bridgehead atoms. The van der Waals surface area contributed by atoms with Gasteiger partial charge in [0.15, 0.2) is 0 Å². The molecular formula is C21H23N3. The molecule has 2 heterocycles. The van der Waals surface area contributed by atoms with Crippen LogP contribution in [0.1, 0.15) is 17.5 Å². The van der Waals surface area contributed by atoms with Crippen molar-refractivity contribution < 1.29 is 0 Å². The predicted molar refractivity (Wildman–Crippen MR) is 99.8 cm³/mol. The maximum atomic E-state index is 3.42. The summed E-state index contributed by atoms with van der Waals surface area (Å²) in [6.45, 7) is 6.73. The van der Waals surface area contributed by atoms with Gasteiger partial charge in [0.1, 0.15) is 0 Å². The van der Waals surface area contributed by atoms with Crippen LogP contribution in [0.3, 0.4) is 0 Å². The summed E-state index contributed by atoms with van der Waals surface area (Å²) in [4.78, 5) is 4.99. The van der Waals surface area contributed by atoms with Crippen molar-refractivity contribution in [2.45, 2.75) is 6.42 Å². The van der Waals surface area contributed by atoms with E-state index in [-0.39, 0.29) is 0 Å². The molecule has 3 heteroatoms. The predicted octanol–water partition coefficient (Wildman–Crippen LogP) is 2.83. The molecule has 2 aliphatic rings. The summed E-state index contributed by atoms with van der Waals surface area (Å²) in [6.07, 6.45) is 1.16. The Labute approximate surface area is 144 Å². The Bertz CT molecular complexity index is 714. The van der Waals surface area contributed by atoms with E-state index < -0.39 is 0 Å². The normalized spacial score (nSPS) is 16.6. The third-order valence-corrected chi connectivity index (χ3v) is 4.79. The Morgan fingerprint density at radius 1 is 0.792 bits per heavy atom. The van der Waals surface area contributed by atoms with Gasteiger partial charge in [-0.2, -0.15) is 0 Å². The van der Waals surface area contributed by atoms with Crippen LogP contribution in [0.5, 0.6) is 0 Å². The molecular weight excluding hydrogens is 294 g/mol. The highest BCUT2D eigenvalue weighted by molar-refractivity contribution is 5.77. The van der Waals surface area contributed by atoms with Crippen LogP contribution in [-0.4, -0.2) is 44.2 Å². The van der Waals surface area contributed by atoms with Gasteiger partial charge in [0.05, 0.1) is 11.4 Å². The Balaban J connectivity index is 1.56. The van der Waals surface area contributed by atoms with E-state index in [2.05, 4.69) is 75.5 Å². The van der Waals surface area contributed by atoms with E-state index in [1.165, 1.54) is 11.4 Å². The molecule has 2 aromatic rings. The summed E-state index contributed by atoms with van der Waals surface area (Å²) >= 11 is 0. The van der Waals surface area contributed by atoms with Crippen LogP contribution in [0.4, 0.5) is 11.4 Å². The molecule has 0 radical (unpaired) electrons. The summed E-state index contributed by atoms with van der Waals surface area (Å²) in [5.41, 5.74) is 4.71. The van der Waals surface area contributed by atoms with E-state index in [4.69, 9.17) is 0 Å². The van der Waals surface area contributed by atoms with Crippen molar-refractivity contribution in [3.8, 4) is 11.8 Å². The quantitative estimate of drug-likeness (QED) is 0.875. The fraction of sp³-hybridized carbons (Fsp3) is 0.333. The van der Waals surface area contributed by atoms with Crippen LogP contribution in [0.2, 0.25) is 0 Å². The number of piperazine rings is 1. The Morgan fingerprint density at radius 3 is 2.00 bits per heavy atom. The number of nitrogens with one attached hydrogen (secondary N) is 1. The summed E-state index contributed by atoms with van der Waals surface area (Å²) in [7, 11) is 0. The van der Waals surface area contributed by atoms with E-state index >= 15 is 0 Å². The third kappa shape index (κ3) is 3.17. The highest BCUT2D eigenvalue weighted by atomic mass is 15.2. The summed E-state index contributed by atoms with van der Waals surface area (Å²) < 4.78 is 0. The second-order valence-corrected chi connectivity index (χ2v) is 6.38. The van der Waals surface area contributed by atoms with E-state index in [9.17, 15) is 0 Å². The average Bonchev–Trinajstić information content (AvgIpc) is 2.80. The van der Waals surface area contributed by atoms with Gasteiger partial charge in [0.25, 0.3) is 0 Å². The zero-order chi connectivity index (χ0) is 16.2. The molecule has 2 aromatic carbocycles. The summed E-state index contributed by atoms with van der Waals surface area (Å²) in [6, 6.07) is 17.0. The number of hydrogen-bond acceptors (Lipinski definition) is 3. The van der Waals surface area contributed by atoms with Gasteiger partial charge in [-0.05, 0) is 37.2 Å². The standard InChI is InChI=1S/C21H23N3/c1-3-8-20-18(6-1)10-11-19-7-2-4-9-21(19)24(20)15-5-14-23-16-12-22-13-17-23/h1-4,6-9,22H,5,12-17H2. The van der Waals surface area contributed by atoms with Crippen LogP contribution in [-0.2, 0) is 0 Å². The van der Waals surface area contributed by atoms with Crippen LogP contribution >= 0.6 is 0 Å². The SMILES string of the molecule is C1#Cc2ccccc2N(CCCN2CCNCC2)c2ccccc21. The van der Waals surface area contributed by atoms with Crippen molar-refractivity contribution in [3.05, 3.63) is 59.7 Å². The summed E-state index contributed by atoms with van der Waals surface area (Å²) in [5, 5.41) is 3.42. The number of rotatable bonds is 4. The molecule has 1 fully saturated rings. The number of nitrogens with zero attached hydrogens (tertiary/aromatic N) is 2. The molecule has 0 atom stereocenters. The molecule has 24 heavy (non-hydrogen) atoms. The number of anilines is 2. The first-order valence-corrected chi connectivity index (χ1v) is 8.82. The number of hydrogen-bond donors (Lipinski definition) is 1. The van der Waals surface area contributed by atoms with Gasteiger partial charge < -0.3 is 15.1 Å². The highest BCUT2D eigenvalue weighted by Gasteiger charge is 2.18. The molecule has 0 unspecified atom stereocenters. The number of para-hydroxylation sites is 2. The minimum absolute atomic E-state index is 1.02. The Kier molecular flexibility index (Phi) is 4.51. The zero-order valence-electron chi connectivity index (χ0n) is 14.0. The number of fused-ring (bicyclic) bond motifs is 2. The topological polar surface area (TPSA) is 18.5 Å². The molecule has 2 aliphatic heterocycles. The Hall–Kier alpha value is -2.28. The van der Waals surface area contributed by atoms with Gasteiger partial charge in [0, 0.05) is 43.9 Å². The van der Waals surface area contributed by atoms with Gasteiger partial charge in [0.2, 0.25) is 0 Å². The monoisotopic (exact) mass is 317 g/mol. The van der Waals surface area contributed by atoms with Crippen molar-refractivity contribution in [3.63, 3.8) is 0 Å². The maximum Gasteiger partial charge on any atom is 0.0570 e. The van der Waals surface area contributed by atoms with Gasteiger partial charge in [-0.15, -0.1) is 0 Å². The largest absolute Gasteiger partial charge is 0.339 e. The van der Waals surface area contributed by atoms with Crippen molar-refractivity contribution in [1.29, 1.82) is 0 Å². The van der Waals surface area contributed by atoms with E-state index in [0.29, 0.717) is 0 Å². The maximum absolute atomic E-state index is 3.42. The third-order valence-electron chi connectivity index (χ3n) is 4.79. The van der Waals surface area contributed by atoms with Crippen molar-refractivity contribution >= 4 is 11.4 Å². The van der Waals surface area contributed by atoms with E-state index in [1.807, 2.05) is 0 Å². The summed E-state index contributed by atoms with van der Waals surface area (Å²) in [5.74, 6) is 6.68. The lowest BCUT2D eigenvalue weighted by atomic mass is 10.1. The molecule has 1 N–H and O–H groups in total. The molecule has 1 saturated heterocycles. The second-order valence-electron chi connectivity index (χ2n) is 6.38. The van der Waals surface area contributed by atoms with Crippen molar-refractivity contribution in [2.75, 3.05) is 44.2 Å². The molecule has 0 aliphatic carbocycles. The second kappa shape index (κ2) is 7.09. The van der Waals surface area contributed by atoms with Crippen molar-refractivity contribution in [2.24, 2.45) is 0 Å². The number of benzene rings is 2. The van der Waals surface area contributed by atoms with Crippen LogP contribution in [0.25, 0.3) is 0 Å². The van der Waals surface area contributed by atoms with E-state index in [0.717, 1.165) is 56.8 Å². The first kappa shape index (κ1) is 15.3. The molecule has 0 spiro atoms. The van der Waals surface area contributed by atoms with Gasteiger partial charge in [-0.1, -0.05) is 36.1 Å². The van der Waals surface area contributed by atoms with Crippen molar-refractivity contribution in [1.82, 2.24) is 10.2 Å². The first-order chi connectivity index (χ1) is 11.9. The van der Waals surface area contributed by atoms with Crippen LogP contribution in [0, 0.1) is 11.8 Å². The molecule has 4 rings (SSSR count). The lowest BCUT2D eigenvalue weighted by Gasteiger charge is -2.30. The van der Waals surface area contributed by atoms with Crippen LogP contribution < -0.4 is 10.2 Å². The first-order valence-electron chi connectivity index (χ1n) is 8.82. The smallest absolute Gasteiger partial charge is 0.0570 e. The fourth-order valence-corrected chi connectivity index (χ4v) is 3.52. The van der Waals surface area contributed by atoms with Gasteiger partial charge in [-0.3, -0.25) is 0 Å². The zero-order valence-corrected chi connectivity index (χ0v) is 14.0. The van der Waals surface area contributed by atoms with E-state index in [1.54, 1.807) is 0 Å². The lowest BCUT2D eigenvalue weighted by molar-refractivity contribution is 0.240. The minimum Gasteiger partial charge on any atom is -0.339 e.